The van der Waals surface area contributed by atoms with E-state index < -0.39 is 48.5 Å². The Balaban J connectivity index is 1.28. The number of aliphatic hydroxyl groups excluding tert-OH is 3. The van der Waals surface area contributed by atoms with Crippen molar-refractivity contribution in [3.05, 3.63) is 81.8 Å². The molecule has 5 aliphatic rings. The van der Waals surface area contributed by atoms with Gasteiger partial charge in [0.2, 0.25) is 5.76 Å². The van der Waals surface area contributed by atoms with Crippen molar-refractivity contribution < 1.29 is 58.5 Å². The van der Waals surface area contributed by atoms with Gasteiger partial charge in [-0.05, 0) is 80.6 Å². The fraction of sp³-hybridized carbons (Fsp3) is 0.511. The van der Waals surface area contributed by atoms with E-state index in [1.807, 2.05) is 36.5 Å². The van der Waals surface area contributed by atoms with Crippen LogP contribution in [0.3, 0.4) is 0 Å². The summed E-state index contributed by atoms with van der Waals surface area (Å²) in [5, 5.41) is 45.5. The zero-order chi connectivity index (χ0) is 42.8. The van der Waals surface area contributed by atoms with Crippen molar-refractivity contribution in [2.24, 2.45) is 17.8 Å². The van der Waals surface area contributed by atoms with Gasteiger partial charge < -0.3 is 54.0 Å². The number of aromatic nitrogens is 1. The lowest BCUT2D eigenvalue weighted by atomic mass is 9.66. The van der Waals surface area contributed by atoms with E-state index in [1.54, 1.807) is 14.0 Å². The van der Waals surface area contributed by atoms with Crippen LogP contribution in [0.25, 0.3) is 16.5 Å². The standard InChI is InChI=1S/C47H56N2O12/c1-3-58-46(55)45-34(25-52)39(30-20-31(24-51)41(54)32(21-30)27-8-9-37-28(19-27)10-13-48-37)40-43(59-18-6-16-50)33-22-38(60-42(33)35(26-53)44(40)61-45)47(56)12-4-7-29-23-49(14-5-17-57-2)15-11-36(29)47/h4,7-10,13,19,25,29,31-32,36,38,48,50-51,53,56H,3,5-6,11-12,14-18,20-24,26H2,1-2H3/b39-30-/t29-,31-,32-,36-,38+,47-/m1/s1. The Bertz CT molecular complexity index is 2260. The number of H-pyrrole nitrogens is 1. The highest BCUT2D eigenvalue weighted by Gasteiger charge is 2.54. The Labute approximate surface area is 354 Å². The van der Waals surface area contributed by atoms with Gasteiger partial charge in [0.15, 0.2) is 6.29 Å². The fourth-order valence-corrected chi connectivity index (χ4v) is 10.4. The summed E-state index contributed by atoms with van der Waals surface area (Å²) in [5.41, 5.74) is 2.16. The fourth-order valence-electron chi connectivity index (χ4n) is 10.4. The van der Waals surface area contributed by atoms with Gasteiger partial charge in [-0.1, -0.05) is 23.8 Å². The zero-order valence-electron chi connectivity index (χ0n) is 34.8. The van der Waals surface area contributed by atoms with Crippen molar-refractivity contribution in [2.45, 2.75) is 76.1 Å². The number of aromatic amines is 1. The van der Waals surface area contributed by atoms with Gasteiger partial charge in [0.25, 0.3) is 0 Å². The molecule has 326 valence electrons. The van der Waals surface area contributed by atoms with Gasteiger partial charge in [0.05, 0.1) is 43.1 Å². The second-order valence-corrected chi connectivity index (χ2v) is 16.8. The monoisotopic (exact) mass is 840 g/mol. The summed E-state index contributed by atoms with van der Waals surface area (Å²) < 4.78 is 30.5. The summed E-state index contributed by atoms with van der Waals surface area (Å²) in [6, 6.07) is 7.63. The number of hydrogen-bond acceptors (Lipinski definition) is 13. The number of aldehydes is 1. The molecule has 3 aliphatic heterocycles. The third-order valence-corrected chi connectivity index (χ3v) is 13.3. The van der Waals surface area contributed by atoms with E-state index >= 15 is 0 Å². The molecule has 0 bridgehead atoms. The van der Waals surface area contributed by atoms with Crippen molar-refractivity contribution in [3.8, 4) is 17.2 Å². The number of benzene rings is 2. The number of esters is 1. The van der Waals surface area contributed by atoms with Crippen LogP contribution in [0.5, 0.6) is 17.2 Å². The highest BCUT2D eigenvalue weighted by molar-refractivity contribution is 6.11. The van der Waals surface area contributed by atoms with Gasteiger partial charge in [-0.2, -0.15) is 0 Å². The molecule has 61 heavy (non-hydrogen) atoms. The van der Waals surface area contributed by atoms with Crippen LogP contribution in [0.2, 0.25) is 0 Å². The first kappa shape index (κ1) is 42.8. The number of nitrogens with one attached hydrogen (secondary N) is 1. The second kappa shape index (κ2) is 18.3. The summed E-state index contributed by atoms with van der Waals surface area (Å²) in [7, 11) is 1.70. The second-order valence-electron chi connectivity index (χ2n) is 16.8. The quantitative estimate of drug-likeness (QED) is 0.0629. The van der Waals surface area contributed by atoms with Crippen LogP contribution in [-0.2, 0) is 36.9 Å². The minimum atomic E-state index is -1.29. The highest BCUT2D eigenvalue weighted by Crippen LogP contribution is 2.58. The van der Waals surface area contributed by atoms with Gasteiger partial charge in [0.1, 0.15) is 34.7 Å². The number of carbonyl (C=O) groups excluding carboxylic acids is 3. The molecule has 1 saturated carbocycles. The molecule has 2 aromatic carbocycles. The molecule has 1 saturated heterocycles. The van der Waals surface area contributed by atoms with E-state index in [1.165, 1.54) is 0 Å². The Morgan fingerprint density at radius 3 is 2.70 bits per heavy atom. The normalized spacial score (nSPS) is 27.3. The van der Waals surface area contributed by atoms with Crippen molar-refractivity contribution in [1.29, 1.82) is 0 Å². The first-order chi connectivity index (χ1) is 29.7. The number of nitrogens with zero attached hydrogens (tertiary/aromatic N) is 1. The predicted molar refractivity (Wildman–Crippen MR) is 224 cm³/mol. The number of aliphatic hydroxyl groups is 4. The lowest BCUT2D eigenvalue weighted by molar-refractivity contribution is -0.141. The molecule has 0 spiro atoms. The van der Waals surface area contributed by atoms with Gasteiger partial charge in [-0.3, -0.25) is 9.59 Å². The molecule has 2 aliphatic carbocycles. The van der Waals surface area contributed by atoms with Crippen LogP contribution in [0.15, 0.2) is 59.5 Å². The van der Waals surface area contributed by atoms with Gasteiger partial charge in [-0.25, -0.2) is 4.79 Å². The molecule has 2 fully saturated rings. The number of Topliss-reactive ketones (excluding diaryl/α,β-unsaturated/α-hetero) is 1. The van der Waals surface area contributed by atoms with Crippen LogP contribution in [0.4, 0.5) is 0 Å². The van der Waals surface area contributed by atoms with Crippen LogP contribution < -0.4 is 14.2 Å². The third-order valence-electron chi connectivity index (χ3n) is 13.3. The predicted octanol–water partition coefficient (Wildman–Crippen LogP) is 4.31. The summed E-state index contributed by atoms with van der Waals surface area (Å²) in [6.45, 7) is 3.63. The minimum absolute atomic E-state index is 0.0150. The smallest absolute Gasteiger partial charge is 0.375 e. The average Bonchev–Trinajstić information content (AvgIpc) is 3.94. The number of ketones is 1. The zero-order valence-corrected chi connectivity index (χ0v) is 34.8. The third kappa shape index (κ3) is 7.83. The summed E-state index contributed by atoms with van der Waals surface area (Å²) in [4.78, 5) is 46.8. The largest absolute Gasteiger partial charge is 0.492 e. The first-order valence-electron chi connectivity index (χ1n) is 21.5. The number of likely N-dealkylation sites (tertiary alicyclic amines) is 1. The number of methoxy groups -OCH3 is 1. The van der Waals surface area contributed by atoms with E-state index in [2.05, 4.69) is 16.0 Å². The molecule has 0 unspecified atom stereocenters. The van der Waals surface area contributed by atoms with Crippen LogP contribution in [-0.4, -0.2) is 120 Å². The average molecular weight is 841 g/mol. The summed E-state index contributed by atoms with van der Waals surface area (Å²) >= 11 is 0. The Morgan fingerprint density at radius 2 is 1.95 bits per heavy atom. The number of rotatable bonds is 15. The van der Waals surface area contributed by atoms with Crippen LogP contribution >= 0.6 is 0 Å². The van der Waals surface area contributed by atoms with Crippen LogP contribution in [0, 0.1) is 17.8 Å². The van der Waals surface area contributed by atoms with Gasteiger partial charge >= 0.3 is 5.97 Å². The summed E-state index contributed by atoms with van der Waals surface area (Å²) in [6.07, 6.45) is 8.49. The van der Waals surface area contributed by atoms with E-state index in [-0.39, 0.29) is 97.1 Å². The lowest BCUT2D eigenvalue weighted by Gasteiger charge is -2.49. The Hall–Kier alpha value is -4.83. The first-order valence-corrected chi connectivity index (χ1v) is 21.5. The molecule has 3 aromatic rings. The molecular formula is C47H56N2O12. The number of hydrogen-bond donors (Lipinski definition) is 5. The number of piperidine rings is 1. The molecular weight excluding hydrogens is 785 g/mol. The Kier molecular flexibility index (Phi) is 12.8. The maximum Gasteiger partial charge on any atom is 0.375 e. The number of carbonyl (C=O) groups is 3. The van der Waals surface area contributed by atoms with Crippen LogP contribution in [0.1, 0.15) is 73.6 Å². The maximum absolute atomic E-state index is 14.1. The molecule has 0 radical (unpaired) electrons. The van der Waals surface area contributed by atoms with Crippen molar-refractivity contribution in [3.63, 3.8) is 0 Å². The maximum atomic E-state index is 14.1. The summed E-state index contributed by atoms with van der Waals surface area (Å²) in [5.74, 6) is -2.46. The van der Waals surface area contributed by atoms with E-state index in [0.29, 0.717) is 36.0 Å². The highest BCUT2D eigenvalue weighted by atomic mass is 16.6. The Morgan fingerprint density at radius 1 is 1.10 bits per heavy atom. The molecule has 8 rings (SSSR count). The number of allylic oxidation sites excluding steroid dienone is 3. The van der Waals surface area contributed by atoms with Gasteiger partial charge in [0, 0.05) is 86.9 Å². The minimum Gasteiger partial charge on any atom is -0.492 e. The molecule has 5 N–H and O–H groups in total. The topological polar surface area (TPSA) is 197 Å². The lowest BCUT2D eigenvalue weighted by Crippen LogP contribution is -2.58. The SMILES string of the molecule is CCOC(=O)C1=C(C=O)/C(=C2\C[C@H](CO)C(=O)[C@@H](c3ccc4[nH]ccc4c3)C2)c2c(OCCCO)c3c(c(CO)c2O1)O[C@H]([C@@]1(O)CC=C[C@@H]2CN(CCCOC)CC[C@H]21)C3. The van der Waals surface area contributed by atoms with E-state index in [9.17, 15) is 34.8 Å². The van der Waals surface area contributed by atoms with Crippen molar-refractivity contribution >= 4 is 34.5 Å². The van der Waals surface area contributed by atoms with Gasteiger partial charge in [-0.15, -0.1) is 0 Å². The molecule has 4 heterocycles. The molecule has 0 amide bonds. The molecule has 14 heteroatoms. The van der Waals surface area contributed by atoms with Crippen molar-refractivity contribution in [1.82, 2.24) is 9.88 Å². The number of fused-ring (bicyclic) bond motifs is 4. The van der Waals surface area contributed by atoms with Crippen molar-refractivity contribution in [2.75, 3.05) is 59.8 Å². The molecule has 6 atom stereocenters. The number of ether oxygens (including phenoxy) is 5. The molecule has 14 nitrogen and oxygen atoms in total. The molecule has 1 aromatic heterocycles. The van der Waals surface area contributed by atoms with E-state index in [4.69, 9.17) is 23.7 Å². The van der Waals surface area contributed by atoms with E-state index in [0.717, 1.165) is 48.9 Å².